The maximum Gasteiger partial charge on any atom is 0.325 e. The van der Waals surface area contributed by atoms with Crippen LogP contribution in [0.3, 0.4) is 0 Å². The van der Waals surface area contributed by atoms with Gasteiger partial charge in [0.1, 0.15) is 17.8 Å². The van der Waals surface area contributed by atoms with Crippen molar-refractivity contribution in [1.29, 1.82) is 0 Å². The van der Waals surface area contributed by atoms with Crippen molar-refractivity contribution in [2.75, 3.05) is 14.2 Å². The second-order valence-corrected chi connectivity index (χ2v) is 7.10. The highest BCUT2D eigenvalue weighted by Gasteiger charge is 2.16. The van der Waals surface area contributed by atoms with E-state index in [4.69, 9.17) is 9.47 Å². The van der Waals surface area contributed by atoms with Crippen LogP contribution in [0.25, 0.3) is 10.2 Å². The van der Waals surface area contributed by atoms with Crippen molar-refractivity contribution in [3.8, 4) is 5.75 Å². The Morgan fingerprint density at radius 3 is 2.63 bits per heavy atom. The number of rotatable bonds is 4. The zero-order valence-electron chi connectivity index (χ0n) is 15.6. The predicted molar refractivity (Wildman–Crippen MR) is 104 cm³/mol. The Kier molecular flexibility index (Phi) is 5.41. The van der Waals surface area contributed by atoms with Gasteiger partial charge < -0.3 is 14.0 Å². The number of esters is 1. The largest absolute Gasteiger partial charge is 0.495 e. The zero-order chi connectivity index (χ0) is 19.6. The summed E-state index contributed by atoms with van der Waals surface area (Å²) in [6.45, 7) is 3.74. The molecule has 7 heteroatoms. The van der Waals surface area contributed by atoms with E-state index in [1.54, 1.807) is 17.7 Å². The van der Waals surface area contributed by atoms with Crippen LogP contribution in [-0.4, -0.2) is 30.7 Å². The van der Waals surface area contributed by atoms with Gasteiger partial charge >= 0.3 is 5.97 Å². The van der Waals surface area contributed by atoms with E-state index >= 15 is 0 Å². The van der Waals surface area contributed by atoms with Crippen LogP contribution in [0.15, 0.2) is 41.4 Å². The van der Waals surface area contributed by atoms with E-state index in [0.29, 0.717) is 21.6 Å². The maximum atomic E-state index is 12.8. The van der Waals surface area contributed by atoms with Crippen molar-refractivity contribution in [3.05, 3.63) is 57.9 Å². The number of carbonyl (C=O) groups is 2. The van der Waals surface area contributed by atoms with Gasteiger partial charge in [-0.2, -0.15) is 4.99 Å². The first-order chi connectivity index (χ1) is 12.9. The number of methoxy groups -OCH3 is 2. The minimum atomic E-state index is -0.429. The molecule has 1 amide bonds. The summed E-state index contributed by atoms with van der Waals surface area (Å²) in [5, 5.41) is 0. The molecule has 0 N–H and O–H groups in total. The lowest BCUT2D eigenvalue weighted by Gasteiger charge is -2.07. The second-order valence-electron chi connectivity index (χ2n) is 6.09. The molecule has 27 heavy (non-hydrogen) atoms. The highest BCUT2D eigenvalue weighted by atomic mass is 32.1. The molecule has 2 aromatic carbocycles. The lowest BCUT2D eigenvalue weighted by Crippen LogP contribution is -2.22. The monoisotopic (exact) mass is 384 g/mol. The summed E-state index contributed by atoms with van der Waals surface area (Å²) >= 11 is 1.33. The van der Waals surface area contributed by atoms with Crippen LogP contribution in [0.4, 0.5) is 0 Å². The van der Waals surface area contributed by atoms with Gasteiger partial charge in [-0.05, 0) is 37.6 Å². The number of nitrogens with zero attached hydrogens (tertiary/aromatic N) is 2. The molecule has 3 rings (SSSR count). The van der Waals surface area contributed by atoms with Crippen molar-refractivity contribution < 1.29 is 19.1 Å². The minimum Gasteiger partial charge on any atom is -0.495 e. The third-order valence-electron chi connectivity index (χ3n) is 4.22. The molecule has 0 aliphatic rings. The number of para-hydroxylation sites is 1. The van der Waals surface area contributed by atoms with Gasteiger partial charge in [0, 0.05) is 5.56 Å². The van der Waals surface area contributed by atoms with Gasteiger partial charge in [-0.1, -0.05) is 35.1 Å². The third-order valence-corrected chi connectivity index (χ3v) is 5.26. The summed E-state index contributed by atoms with van der Waals surface area (Å²) in [7, 11) is 2.89. The Morgan fingerprint density at radius 2 is 1.93 bits per heavy atom. The van der Waals surface area contributed by atoms with Crippen LogP contribution in [0.5, 0.6) is 5.75 Å². The van der Waals surface area contributed by atoms with Crippen LogP contribution in [-0.2, 0) is 16.1 Å². The molecule has 0 saturated heterocycles. The molecule has 0 radical (unpaired) electrons. The number of fused-ring (bicyclic) bond motifs is 1. The van der Waals surface area contributed by atoms with Gasteiger partial charge in [0.25, 0.3) is 5.91 Å². The van der Waals surface area contributed by atoms with E-state index in [1.807, 2.05) is 44.2 Å². The zero-order valence-corrected chi connectivity index (χ0v) is 16.4. The molecule has 0 bridgehead atoms. The summed E-state index contributed by atoms with van der Waals surface area (Å²) in [4.78, 5) is 29.5. The molecule has 0 fully saturated rings. The fourth-order valence-electron chi connectivity index (χ4n) is 2.80. The molecule has 6 nitrogen and oxygen atoms in total. The number of carbonyl (C=O) groups excluding carboxylic acids is 2. The molecule has 0 saturated carbocycles. The number of hydrogen-bond donors (Lipinski definition) is 0. The van der Waals surface area contributed by atoms with Crippen molar-refractivity contribution >= 4 is 33.4 Å². The number of aryl methyl sites for hydroxylation is 2. The molecule has 0 aliphatic heterocycles. The fourth-order valence-corrected chi connectivity index (χ4v) is 3.85. The predicted octanol–water partition coefficient (Wildman–Crippen LogP) is 3.24. The summed E-state index contributed by atoms with van der Waals surface area (Å²) in [5.41, 5.74) is 3.10. The Hall–Kier alpha value is -2.93. The van der Waals surface area contributed by atoms with Crippen molar-refractivity contribution in [3.63, 3.8) is 0 Å². The highest BCUT2D eigenvalue weighted by molar-refractivity contribution is 7.16. The Bertz CT molecular complexity index is 1100. The number of benzene rings is 2. The van der Waals surface area contributed by atoms with Gasteiger partial charge in [-0.25, -0.2) is 0 Å². The van der Waals surface area contributed by atoms with Crippen LogP contribution in [0, 0.1) is 13.8 Å². The number of hydrogen-bond acceptors (Lipinski definition) is 5. The molecular formula is C20H20N2O4S. The van der Waals surface area contributed by atoms with Gasteiger partial charge in [0.2, 0.25) is 0 Å². The van der Waals surface area contributed by atoms with Crippen LogP contribution >= 0.6 is 11.3 Å². The average molecular weight is 384 g/mol. The molecule has 0 atom stereocenters. The van der Waals surface area contributed by atoms with E-state index in [2.05, 4.69) is 4.99 Å². The molecule has 0 unspecified atom stereocenters. The van der Waals surface area contributed by atoms with Gasteiger partial charge in [-0.3, -0.25) is 9.59 Å². The third kappa shape index (κ3) is 3.78. The minimum absolute atomic E-state index is 0.0597. The Balaban J connectivity index is 2.22. The molecule has 1 heterocycles. The number of aromatic nitrogens is 1. The molecular weight excluding hydrogens is 364 g/mol. The summed E-state index contributed by atoms with van der Waals surface area (Å²) < 4.78 is 12.8. The second kappa shape index (κ2) is 7.75. The molecule has 140 valence electrons. The normalized spacial score (nSPS) is 11.6. The first kappa shape index (κ1) is 18.8. The van der Waals surface area contributed by atoms with Gasteiger partial charge in [0.05, 0.1) is 18.9 Å². The number of thiazole rings is 1. The summed E-state index contributed by atoms with van der Waals surface area (Å²) in [6, 6.07) is 11.2. The highest BCUT2D eigenvalue weighted by Crippen LogP contribution is 2.27. The summed E-state index contributed by atoms with van der Waals surface area (Å²) in [6.07, 6.45) is 0. The van der Waals surface area contributed by atoms with Gasteiger partial charge in [0.15, 0.2) is 4.80 Å². The van der Waals surface area contributed by atoms with E-state index in [-0.39, 0.29) is 12.5 Å². The first-order valence-electron chi connectivity index (χ1n) is 8.34. The number of ether oxygens (including phenoxy) is 2. The van der Waals surface area contributed by atoms with E-state index in [9.17, 15) is 9.59 Å². The Labute approximate surface area is 160 Å². The topological polar surface area (TPSA) is 69.9 Å². The smallest absolute Gasteiger partial charge is 0.325 e. The number of amides is 1. The van der Waals surface area contributed by atoms with E-state index in [1.165, 1.54) is 18.4 Å². The standard InChI is InChI=1S/C20H20N2O4S/c1-12-8-9-13(2)14(10-12)19(24)21-20-22(11-17(23)26-4)18-15(25-3)6-5-7-16(18)27-20/h5-10H,11H2,1-4H3. The maximum absolute atomic E-state index is 12.8. The van der Waals surface area contributed by atoms with Crippen molar-refractivity contribution in [1.82, 2.24) is 4.57 Å². The van der Waals surface area contributed by atoms with E-state index in [0.717, 1.165) is 15.8 Å². The van der Waals surface area contributed by atoms with Crippen molar-refractivity contribution in [2.45, 2.75) is 20.4 Å². The van der Waals surface area contributed by atoms with Crippen molar-refractivity contribution in [2.24, 2.45) is 4.99 Å². The first-order valence-corrected chi connectivity index (χ1v) is 9.15. The van der Waals surface area contributed by atoms with Crippen LogP contribution in [0.1, 0.15) is 21.5 Å². The lowest BCUT2D eigenvalue weighted by atomic mass is 10.1. The Morgan fingerprint density at radius 1 is 1.15 bits per heavy atom. The molecule has 3 aromatic rings. The van der Waals surface area contributed by atoms with Gasteiger partial charge in [-0.15, -0.1) is 0 Å². The molecule has 1 aromatic heterocycles. The summed E-state index contributed by atoms with van der Waals surface area (Å²) in [5.74, 6) is -0.171. The lowest BCUT2D eigenvalue weighted by molar-refractivity contribution is -0.141. The van der Waals surface area contributed by atoms with Crippen LogP contribution < -0.4 is 9.54 Å². The molecule has 0 aliphatic carbocycles. The quantitative estimate of drug-likeness (QED) is 0.648. The van der Waals surface area contributed by atoms with E-state index < -0.39 is 5.97 Å². The SMILES string of the molecule is COC(=O)Cn1c(=NC(=O)c2cc(C)ccc2C)sc2cccc(OC)c21. The fraction of sp³-hybridized carbons (Fsp3) is 0.250. The van der Waals surface area contributed by atoms with Crippen LogP contribution in [0.2, 0.25) is 0 Å². The average Bonchev–Trinajstić information content (AvgIpc) is 3.00. The molecule has 0 spiro atoms.